The summed E-state index contributed by atoms with van der Waals surface area (Å²) in [5.74, 6) is 1.52. The van der Waals surface area contributed by atoms with Crippen molar-refractivity contribution in [2.75, 3.05) is 20.8 Å². The average Bonchev–Trinajstić information content (AvgIpc) is 2.63. The maximum absolute atomic E-state index is 5.95. The second-order valence-corrected chi connectivity index (χ2v) is 5.82. The Kier molecular flexibility index (Phi) is 7.59. The molecule has 4 heteroatoms. The van der Waals surface area contributed by atoms with Crippen LogP contribution >= 0.6 is 0 Å². The average molecular weight is 329 g/mol. The lowest BCUT2D eigenvalue weighted by Crippen LogP contribution is -2.26. The molecule has 130 valence electrons. The lowest BCUT2D eigenvalue weighted by molar-refractivity contribution is 0.184. The monoisotopic (exact) mass is 329 g/mol. The van der Waals surface area contributed by atoms with Crippen molar-refractivity contribution in [3.63, 3.8) is 0 Å². The molecule has 0 aromatic heterocycles. The molecule has 0 radical (unpaired) electrons. The number of benzene rings is 2. The summed E-state index contributed by atoms with van der Waals surface area (Å²) < 4.78 is 16.5. The molecule has 0 spiro atoms. The van der Waals surface area contributed by atoms with E-state index in [2.05, 4.69) is 30.4 Å². The van der Waals surface area contributed by atoms with Crippen LogP contribution in [0, 0.1) is 0 Å². The van der Waals surface area contributed by atoms with Gasteiger partial charge in [-0.25, -0.2) is 0 Å². The second-order valence-electron chi connectivity index (χ2n) is 5.82. The fourth-order valence-corrected chi connectivity index (χ4v) is 2.37. The van der Waals surface area contributed by atoms with Gasteiger partial charge in [0.2, 0.25) is 0 Å². The van der Waals surface area contributed by atoms with Crippen molar-refractivity contribution in [2.45, 2.75) is 32.5 Å². The summed E-state index contributed by atoms with van der Waals surface area (Å²) >= 11 is 0. The third-order valence-electron chi connectivity index (χ3n) is 3.87. The minimum absolute atomic E-state index is 0.403. The van der Waals surface area contributed by atoms with Gasteiger partial charge in [0.05, 0.1) is 7.11 Å². The normalized spacial score (nSPS) is 12.0. The molecule has 0 saturated heterocycles. The van der Waals surface area contributed by atoms with Crippen LogP contribution in [0.1, 0.15) is 24.5 Å². The molecule has 0 aliphatic heterocycles. The molecule has 2 rings (SSSR count). The molecule has 0 aliphatic carbocycles. The molecule has 1 atom stereocenters. The first-order valence-electron chi connectivity index (χ1n) is 8.29. The van der Waals surface area contributed by atoms with Gasteiger partial charge in [-0.15, -0.1) is 0 Å². The molecule has 1 N–H and O–H groups in total. The van der Waals surface area contributed by atoms with Crippen LogP contribution < -0.4 is 14.8 Å². The van der Waals surface area contributed by atoms with E-state index in [0.29, 0.717) is 12.6 Å². The lowest BCUT2D eigenvalue weighted by atomic mass is 10.1. The number of methoxy groups -OCH3 is 2. The lowest BCUT2D eigenvalue weighted by Gasteiger charge is -2.15. The Hall–Kier alpha value is -2.04. The third-order valence-corrected chi connectivity index (χ3v) is 3.87. The first-order valence-corrected chi connectivity index (χ1v) is 8.29. The topological polar surface area (TPSA) is 39.7 Å². The Balaban J connectivity index is 1.96. The van der Waals surface area contributed by atoms with E-state index in [1.165, 1.54) is 5.56 Å². The van der Waals surface area contributed by atoms with E-state index in [4.69, 9.17) is 14.2 Å². The van der Waals surface area contributed by atoms with Crippen LogP contribution in [0.2, 0.25) is 0 Å². The summed E-state index contributed by atoms with van der Waals surface area (Å²) in [6, 6.07) is 16.6. The largest absolute Gasteiger partial charge is 0.493 e. The van der Waals surface area contributed by atoms with E-state index in [1.54, 1.807) is 14.2 Å². The van der Waals surface area contributed by atoms with Gasteiger partial charge in [0.15, 0.2) is 11.5 Å². The Bertz CT molecular complexity index is 601. The van der Waals surface area contributed by atoms with Crippen molar-refractivity contribution >= 4 is 0 Å². The molecular formula is C20H27NO3. The number of ether oxygens (including phenoxy) is 3. The zero-order valence-corrected chi connectivity index (χ0v) is 14.7. The van der Waals surface area contributed by atoms with E-state index in [0.717, 1.165) is 36.6 Å². The maximum atomic E-state index is 5.95. The van der Waals surface area contributed by atoms with Gasteiger partial charge in [-0.1, -0.05) is 36.4 Å². The summed E-state index contributed by atoms with van der Waals surface area (Å²) in [5, 5.41) is 3.50. The summed E-state index contributed by atoms with van der Waals surface area (Å²) in [6.07, 6.45) is 0.990. The SMILES string of the molecule is COCCC(C)NCc1ccc(OC)c(OCc2ccccc2)c1. The van der Waals surface area contributed by atoms with Crippen LogP contribution in [0.25, 0.3) is 0 Å². The number of rotatable bonds is 10. The van der Waals surface area contributed by atoms with Gasteiger partial charge < -0.3 is 19.5 Å². The zero-order chi connectivity index (χ0) is 17.2. The molecule has 4 nitrogen and oxygen atoms in total. The summed E-state index contributed by atoms with van der Waals surface area (Å²) in [4.78, 5) is 0. The van der Waals surface area contributed by atoms with E-state index in [-0.39, 0.29) is 0 Å². The van der Waals surface area contributed by atoms with Crippen LogP contribution in [-0.4, -0.2) is 26.9 Å². The Labute approximate surface area is 144 Å². The molecule has 2 aromatic rings. The van der Waals surface area contributed by atoms with E-state index in [1.807, 2.05) is 30.3 Å². The van der Waals surface area contributed by atoms with Crippen LogP contribution in [0.4, 0.5) is 0 Å². The molecular weight excluding hydrogens is 302 g/mol. The van der Waals surface area contributed by atoms with Crippen molar-refractivity contribution < 1.29 is 14.2 Å². The quantitative estimate of drug-likeness (QED) is 0.720. The van der Waals surface area contributed by atoms with Crippen molar-refractivity contribution in [1.82, 2.24) is 5.32 Å². The summed E-state index contributed by atoms with van der Waals surface area (Å²) in [7, 11) is 3.39. The standard InChI is InChI=1S/C20H27NO3/c1-16(11-12-22-2)21-14-18-9-10-19(23-3)20(13-18)24-15-17-7-5-4-6-8-17/h4-10,13,16,21H,11-12,14-15H2,1-3H3. The smallest absolute Gasteiger partial charge is 0.161 e. The van der Waals surface area contributed by atoms with Gasteiger partial charge in [-0.2, -0.15) is 0 Å². The predicted octanol–water partition coefficient (Wildman–Crippen LogP) is 3.79. The van der Waals surface area contributed by atoms with Crippen LogP contribution in [-0.2, 0) is 17.9 Å². The van der Waals surface area contributed by atoms with Gasteiger partial charge in [0, 0.05) is 26.3 Å². The van der Waals surface area contributed by atoms with Crippen LogP contribution in [0.5, 0.6) is 11.5 Å². The summed E-state index contributed by atoms with van der Waals surface area (Å²) in [5.41, 5.74) is 2.30. The maximum Gasteiger partial charge on any atom is 0.161 e. The molecule has 0 heterocycles. The van der Waals surface area contributed by atoms with Crippen molar-refractivity contribution in [2.24, 2.45) is 0 Å². The Morgan fingerprint density at radius 2 is 1.75 bits per heavy atom. The third kappa shape index (κ3) is 5.87. The molecule has 24 heavy (non-hydrogen) atoms. The van der Waals surface area contributed by atoms with Gasteiger partial charge >= 0.3 is 0 Å². The molecule has 0 bridgehead atoms. The fraction of sp³-hybridized carbons (Fsp3) is 0.400. The molecule has 0 amide bonds. The van der Waals surface area contributed by atoms with Crippen LogP contribution in [0.3, 0.4) is 0 Å². The molecule has 0 aliphatic rings. The van der Waals surface area contributed by atoms with E-state index >= 15 is 0 Å². The minimum Gasteiger partial charge on any atom is -0.493 e. The predicted molar refractivity (Wildman–Crippen MR) is 96.6 cm³/mol. The van der Waals surface area contributed by atoms with E-state index < -0.39 is 0 Å². The van der Waals surface area contributed by atoms with Crippen LogP contribution in [0.15, 0.2) is 48.5 Å². The van der Waals surface area contributed by atoms with Crippen molar-refractivity contribution in [1.29, 1.82) is 0 Å². The second kappa shape index (κ2) is 9.96. The number of nitrogens with one attached hydrogen (secondary N) is 1. The first kappa shape index (κ1) is 18.3. The molecule has 0 saturated carbocycles. The van der Waals surface area contributed by atoms with Crippen molar-refractivity contribution in [3.8, 4) is 11.5 Å². The zero-order valence-electron chi connectivity index (χ0n) is 14.7. The highest BCUT2D eigenvalue weighted by Gasteiger charge is 2.08. The van der Waals surface area contributed by atoms with Gasteiger partial charge in [0.1, 0.15) is 6.61 Å². The highest BCUT2D eigenvalue weighted by Crippen LogP contribution is 2.29. The molecule has 1 unspecified atom stereocenters. The molecule has 2 aromatic carbocycles. The number of hydrogen-bond acceptors (Lipinski definition) is 4. The summed E-state index contributed by atoms with van der Waals surface area (Å²) in [6.45, 7) is 4.24. The highest BCUT2D eigenvalue weighted by molar-refractivity contribution is 5.43. The first-order chi connectivity index (χ1) is 11.7. The minimum atomic E-state index is 0.403. The van der Waals surface area contributed by atoms with E-state index in [9.17, 15) is 0 Å². The number of hydrogen-bond donors (Lipinski definition) is 1. The van der Waals surface area contributed by atoms with Crippen molar-refractivity contribution in [3.05, 3.63) is 59.7 Å². The molecule has 0 fully saturated rings. The van der Waals surface area contributed by atoms with Gasteiger partial charge in [-0.3, -0.25) is 0 Å². The highest BCUT2D eigenvalue weighted by atomic mass is 16.5. The fourth-order valence-electron chi connectivity index (χ4n) is 2.37. The van der Waals surface area contributed by atoms with Gasteiger partial charge in [-0.05, 0) is 36.6 Å². The van der Waals surface area contributed by atoms with Gasteiger partial charge in [0.25, 0.3) is 0 Å². The Morgan fingerprint density at radius 3 is 2.46 bits per heavy atom. The Morgan fingerprint density at radius 1 is 0.958 bits per heavy atom.